The van der Waals surface area contributed by atoms with Gasteiger partial charge in [-0.25, -0.2) is 9.97 Å². The Morgan fingerprint density at radius 1 is 0.968 bits per heavy atom. The molecule has 0 radical (unpaired) electrons. The molecule has 1 fully saturated rings. The number of aromatic nitrogens is 2. The molecule has 7 nitrogen and oxygen atoms in total. The normalized spacial score (nSPS) is 16.7. The van der Waals surface area contributed by atoms with Crippen LogP contribution in [0.1, 0.15) is 11.3 Å². The summed E-state index contributed by atoms with van der Waals surface area (Å²) in [6.07, 6.45) is 6.77. The number of fused-ring (bicyclic) bond motifs is 2. The lowest BCUT2D eigenvalue weighted by Crippen LogP contribution is -2.45. The third kappa shape index (κ3) is 3.79. The lowest BCUT2D eigenvalue weighted by molar-refractivity contribution is -0.104. The number of benzene rings is 2. The van der Waals surface area contributed by atoms with Gasteiger partial charge in [0.1, 0.15) is 24.2 Å². The van der Waals surface area contributed by atoms with Crippen LogP contribution in [-0.4, -0.2) is 59.0 Å². The number of nitrogens with zero attached hydrogens (tertiary/aromatic N) is 5. The van der Waals surface area contributed by atoms with Crippen molar-refractivity contribution in [1.82, 2.24) is 14.9 Å². The van der Waals surface area contributed by atoms with Gasteiger partial charge in [0.15, 0.2) is 0 Å². The summed E-state index contributed by atoms with van der Waals surface area (Å²) < 4.78 is 0. The zero-order chi connectivity index (χ0) is 21.2. The maximum Gasteiger partial charge on any atom is 0.144 e. The fourth-order valence-electron chi connectivity index (χ4n) is 4.57. The summed E-state index contributed by atoms with van der Waals surface area (Å²) in [7, 11) is 0. The number of allylic oxidation sites excluding steroid dienone is 1. The van der Waals surface area contributed by atoms with Crippen LogP contribution in [0.4, 0.5) is 11.5 Å². The molecule has 7 heteroatoms. The van der Waals surface area contributed by atoms with Crippen molar-refractivity contribution < 1.29 is 9.90 Å². The average Bonchev–Trinajstić information content (AvgIpc) is 2.82. The van der Waals surface area contributed by atoms with Crippen LogP contribution >= 0.6 is 0 Å². The highest BCUT2D eigenvalue weighted by molar-refractivity contribution is 5.95. The highest BCUT2D eigenvalue weighted by Crippen LogP contribution is 2.34. The van der Waals surface area contributed by atoms with Gasteiger partial charge in [-0.05, 0) is 36.1 Å². The molecule has 2 aromatic carbocycles. The van der Waals surface area contributed by atoms with Gasteiger partial charge in [0.05, 0.1) is 12.2 Å². The molecule has 3 heterocycles. The minimum absolute atomic E-state index is 0.282. The van der Waals surface area contributed by atoms with Crippen molar-refractivity contribution in [3.63, 3.8) is 0 Å². The number of anilines is 2. The molecule has 0 amide bonds. The molecule has 0 unspecified atom stereocenters. The largest absolute Gasteiger partial charge is 0.508 e. The van der Waals surface area contributed by atoms with E-state index < -0.39 is 0 Å². The summed E-state index contributed by atoms with van der Waals surface area (Å²) in [6, 6.07) is 11.8. The Balaban J connectivity index is 1.38. The van der Waals surface area contributed by atoms with E-state index in [4.69, 9.17) is 0 Å². The topological polar surface area (TPSA) is 72.8 Å². The van der Waals surface area contributed by atoms with Crippen molar-refractivity contribution in [1.29, 1.82) is 0 Å². The smallest absolute Gasteiger partial charge is 0.144 e. The van der Waals surface area contributed by atoms with Crippen LogP contribution < -0.4 is 9.80 Å². The Labute approximate surface area is 181 Å². The van der Waals surface area contributed by atoms with Crippen LogP contribution in [0.15, 0.2) is 55.0 Å². The first-order chi connectivity index (χ1) is 15.2. The van der Waals surface area contributed by atoms with Crippen LogP contribution in [0, 0.1) is 0 Å². The SMILES string of the molecule is O=CC=CN1CCN(c2ncnc3c2CCN(c2cccc4ccc(O)cc24)C3)CC1. The van der Waals surface area contributed by atoms with E-state index in [2.05, 4.69) is 42.9 Å². The predicted octanol–water partition coefficient (Wildman–Crippen LogP) is 2.73. The molecule has 1 saturated heterocycles. The Hall–Kier alpha value is -3.61. The molecule has 2 aliphatic rings. The number of hydrogen-bond donors (Lipinski definition) is 1. The summed E-state index contributed by atoms with van der Waals surface area (Å²) in [5.41, 5.74) is 3.42. The first-order valence-corrected chi connectivity index (χ1v) is 10.6. The van der Waals surface area contributed by atoms with E-state index >= 15 is 0 Å². The van der Waals surface area contributed by atoms with E-state index in [-0.39, 0.29) is 5.75 Å². The average molecular weight is 415 g/mol. The molecule has 0 aliphatic carbocycles. The van der Waals surface area contributed by atoms with Crippen LogP contribution in [-0.2, 0) is 17.8 Å². The molecular weight excluding hydrogens is 390 g/mol. The highest BCUT2D eigenvalue weighted by Gasteiger charge is 2.26. The number of carbonyl (C=O) groups is 1. The molecule has 1 N–H and O–H groups in total. The van der Waals surface area contributed by atoms with Crippen LogP contribution in [0.3, 0.4) is 0 Å². The molecule has 158 valence electrons. The fraction of sp³-hybridized carbons (Fsp3) is 0.292. The third-order valence-corrected chi connectivity index (χ3v) is 6.16. The molecule has 0 saturated carbocycles. The lowest BCUT2D eigenvalue weighted by atomic mass is 10.0. The highest BCUT2D eigenvalue weighted by atomic mass is 16.3. The predicted molar refractivity (Wildman–Crippen MR) is 121 cm³/mol. The van der Waals surface area contributed by atoms with Gasteiger partial charge in [-0.15, -0.1) is 0 Å². The van der Waals surface area contributed by atoms with E-state index in [0.717, 1.165) is 79.9 Å². The first-order valence-electron chi connectivity index (χ1n) is 10.6. The molecule has 2 aliphatic heterocycles. The van der Waals surface area contributed by atoms with Crippen molar-refractivity contribution in [3.05, 3.63) is 66.3 Å². The molecule has 3 aromatic rings. The van der Waals surface area contributed by atoms with Gasteiger partial charge >= 0.3 is 0 Å². The second-order valence-electron chi connectivity index (χ2n) is 7.98. The second-order valence-corrected chi connectivity index (χ2v) is 7.98. The minimum atomic E-state index is 0.282. The quantitative estimate of drug-likeness (QED) is 0.519. The lowest BCUT2D eigenvalue weighted by Gasteiger charge is -2.37. The fourth-order valence-corrected chi connectivity index (χ4v) is 4.57. The number of hydrogen-bond acceptors (Lipinski definition) is 7. The van der Waals surface area contributed by atoms with Gasteiger partial charge in [0, 0.05) is 55.6 Å². The van der Waals surface area contributed by atoms with Gasteiger partial charge in [-0.1, -0.05) is 18.2 Å². The molecule has 1 aromatic heterocycles. The summed E-state index contributed by atoms with van der Waals surface area (Å²) in [5.74, 6) is 1.32. The molecule has 31 heavy (non-hydrogen) atoms. The number of rotatable bonds is 4. The van der Waals surface area contributed by atoms with Gasteiger partial charge < -0.3 is 19.8 Å². The van der Waals surface area contributed by atoms with Crippen molar-refractivity contribution in [3.8, 4) is 5.75 Å². The Morgan fingerprint density at radius 3 is 2.68 bits per heavy atom. The van der Waals surface area contributed by atoms with Gasteiger partial charge in [0.25, 0.3) is 0 Å². The summed E-state index contributed by atoms with van der Waals surface area (Å²) >= 11 is 0. The maximum absolute atomic E-state index is 10.6. The van der Waals surface area contributed by atoms with E-state index in [9.17, 15) is 9.90 Å². The van der Waals surface area contributed by atoms with E-state index in [1.54, 1.807) is 18.5 Å². The van der Waals surface area contributed by atoms with E-state index in [1.807, 2.05) is 18.3 Å². The first kappa shape index (κ1) is 19.4. The number of phenols is 1. The Bertz CT molecular complexity index is 1140. The van der Waals surface area contributed by atoms with Crippen LogP contribution in [0.2, 0.25) is 0 Å². The van der Waals surface area contributed by atoms with Crippen LogP contribution in [0.25, 0.3) is 10.8 Å². The Kier molecular flexibility index (Phi) is 5.16. The number of aromatic hydroxyl groups is 1. The van der Waals surface area contributed by atoms with Crippen molar-refractivity contribution in [2.24, 2.45) is 0 Å². The van der Waals surface area contributed by atoms with Gasteiger partial charge in [0.2, 0.25) is 0 Å². The minimum Gasteiger partial charge on any atom is -0.508 e. The monoisotopic (exact) mass is 415 g/mol. The van der Waals surface area contributed by atoms with Crippen molar-refractivity contribution in [2.75, 3.05) is 42.5 Å². The molecule has 0 atom stereocenters. The van der Waals surface area contributed by atoms with Gasteiger partial charge in [-0.2, -0.15) is 0 Å². The molecule has 0 bridgehead atoms. The maximum atomic E-state index is 10.6. The second kappa shape index (κ2) is 8.26. The molecule has 5 rings (SSSR count). The van der Waals surface area contributed by atoms with Crippen LogP contribution in [0.5, 0.6) is 5.75 Å². The molecule has 0 spiro atoms. The third-order valence-electron chi connectivity index (χ3n) is 6.16. The zero-order valence-electron chi connectivity index (χ0n) is 17.3. The summed E-state index contributed by atoms with van der Waals surface area (Å²) in [5, 5.41) is 12.2. The summed E-state index contributed by atoms with van der Waals surface area (Å²) in [4.78, 5) is 26.6. The number of piperazine rings is 1. The Morgan fingerprint density at radius 2 is 1.84 bits per heavy atom. The summed E-state index contributed by atoms with van der Waals surface area (Å²) in [6.45, 7) is 5.09. The molecular formula is C24H25N5O2. The van der Waals surface area contributed by atoms with E-state index in [1.165, 1.54) is 5.56 Å². The van der Waals surface area contributed by atoms with Crippen molar-refractivity contribution >= 4 is 28.6 Å². The van der Waals surface area contributed by atoms with E-state index in [0.29, 0.717) is 0 Å². The number of carbonyl (C=O) groups excluding carboxylic acids is 1. The standard InChI is InChI=1S/C24H25N5O2/c30-14-2-8-27-10-12-28(13-11-27)24-20-7-9-29(16-22(20)25-17-26-24)23-4-1-3-18-5-6-19(31)15-21(18)23/h1-6,8,14-15,17,31H,7,9-13,16H2. The van der Waals surface area contributed by atoms with Crippen molar-refractivity contribution in [2.45, 2.75) is 13.0 Å². The number of phenolic OH excluding ortho intramolecular Hbond substituents is 1. The van der Waals surface area contributed by atoms with Gasteiger partial charge in [-0.3, -0.25) is 4.79 Å². The number of aldehydes is 1. The zero-order valence-corrected chi connectivity index (χ0v) is 17.3.